The second-order valence-corrected chi connectivity index (χ2v) is 6.51. The van der Waals surface area contributed by atoms with Gasteiger partial charge in [0.15, 0.2) is 0 Å². The van der Waals surface area contributed by atoms with Crippen molar-refractivity contribution in [3.05, 3.63) is 0 Å². The van der Waals surface area contributed by atoms with Crippen LogP contribution in [0, 0.1) is 0 Å². The molecular weight excluding hydrogens is 242 g/mol. The van der Waals surface area contributed by atoms with Gasteiger partial charge in [-0.1, -0.05) is 0 Å². The molecule has 3 fully saturated rings. The van der Waals surface area contributed by atoms with Gasteiger partial charge in [0.05, 0.1) is 0 Å². The van der Waals surface area contributed by atoms with Crippen molar-refractivity contribution in [2.75, 3.05) is 26.2 Å². The van der Waals surface area contributed by atoms with Gasteiger partial charge >= 0.3 is 5.97 Å². The van der Waals surface area contributed by atoms with Crippen molar-refractivity contribution in [3.8, 4) is 0 Å². The molecule has 2 unspecified atom stereocenters. The Hall–Kier alpha value is -0.650. The van der Waals surface area contributed by atoms with Crippen molar-refractivity contribution in [2.24, 2.45) is 5.73 Å². The maximum absolute atomic E-state index is 11.3. The number of nitrogens with zero attached hydrogens (tertiary/aromatic N) is 2. The van der Waals surface area contributed by atoms with Crippen LogP contribution in [-0.2, 0) is 4.79 Å². The summed E-state index contributed by atoms with van der Waals surface area (Å²) in [4.78, 5) is 16.4. The molecule has 2 aliphatic carbocycles. The van der Waals surface area contributed by atoms with E-state index in [1.807, 2.05) is 0 Å². The molecule has 3 aliphatic rings. The van der Waals surface area contributed by atoms with Gasteiger partial charge < -0.3 is 10.8 Å². The molecule has 2 atom stereocenters. The summed E-state index contributed by atoms with van der Waals surface area (Å²) in [5.41, 5.74) is 5.06. The normalized spacial score (nSPS) is 38.3. The van der Waals surface area contributed by atoms with Crippen molar-refractivity contribution in [1.29, 1.82) is 0 Å². The first-order valence-corrected chi connectivity index (χ1v) is 7.59. The molecule has 5 heteroatoms. The quantitative estimate of drug-likeness (QED) is 0.779. The molecule has 0 bridgehead atoms. The van der Waals surface area contributed by atoms with Crippen LogP contribution in [0.4, 0.5) is 0 Å². The second-order valence-electron chi connectivity index (χ2n) is 6.51. The number of rotatable bonds is 3. The molecule has 0 aromatic heterocycles. The third-order valence-corrected chi connectivity index (χ3v) is 5.11. The summed E-state index contributed by atoms with van der Waals surface area (Å²) < 4.78 is 0. The van der Waals surface area contributed by atoms with Gasteiger partial charge in [-0.25, -0.2) is 0 Å². The lowest BCUT2D eigenvalue weighted by atomic mass is 9.79. The predicted octanol–water partition coefficient (Wildman–Crippen LogP) is 0.491. The lowest BCUT2D eigenvalue weighted by Gasteiger charge is -2.44. The third kappa shape index (κ3) is 2.78. The average molecular weight is 267 g/mol. The van der Waals surface area contributed by atoms with E-state index in [-0.39, 0.29) is 0 Å². The fourth-order valence-electron chi connectivity index (χ4n) is 3.69. The van der Waals surface area contributed by atoms with Gasteiger partial charge in [-0.3, -0.25) is 14.6 Å². The molecule has 0 aromatic carbocycles. The minimum Gasteiger partial charge on any atom is -0.480 e. The molecule has 0 radical (unpaired) electrons. The van der Waals surface area contributed by atoms with Crippen LogP contribution in [0.5, 0.6) is 0 Å². The fraction of sp³-hybridized carbons (Fsp3) is 0.929. The third-order valence-electron chi connectivity index (χ3n) is 5.11. The smallest absolute Gasteiger partial charge is 0.323 e. The summed E-state index contributed by atoms with van der Waals surface area (Å²) in [7, 11) is 0. The summed E-state index contributed by atoms with van der Waals surface area (Å²) in [6.07, 6.45) is 6.03. The van der Waals surface area contributed by atoms with Crippen LogP contribution in [0.1, 0.15) is 38.5 Å². The zero-order valence-electron chi connectivity index (χ0n) is 11.6. The van der Waals surface area contributed by atoms with Crippen LogP contribution >= 0.6 is 0 Å². The van der Waals surface area contributed by atoms with Gasteiger partial charge in [-0.2, -0.15) is 0 Å². The highest BCUT2D eigenvalue weighted by Crippen LogP contribution is 2.32. The van der Waals surface area contributed by atoms with Gasteiger partial charge in [0.2, 0.25) is 0 Å². The molecule has 108 valence electrons. The van der Waals surface area contributed by atoms with Gasteiger partial charge in [-0.05, 0) is 38.5 Å². The summed E-state index contributed by atoms with van der Waals surface area (Å²) in [6, 6.07) is 1.22. The highest BCUT2D eigenvalue weighted by Gasteiger charge is 2.42. The van der Waals surface area contributed by atoms with E-state index in [1.54, 1.807) is 0 Å². The van der Waals surface area contributed by atoms with Crippen LogP contribution in [0.3, 0.4) is 0 Å². The highest BCUT2D eigenvalue weighted by atomic mass is 16.4. The number of carbonyl (C=O) groups is 1. The van der Waals surface area contributed by atoms with Crippen molar-refractivity contribution in [3.63, 3.8) is 0 Å². The number of piperazine rings is 1. The molecule has 0 spiro atoms. The fourth-order valence-corrected chi connectivity index (χ4v) is 3.69. The van der Waals surface area contributed by atoms with Gasteiger partial charge in [0, 0.05) is 38.3 Å². The minimum absolute atomic E-state index is 0.371. The summed E-state index contributed by atoms with van der Waals surface area (Å²) in [6.45, 7) is 4.45. The van der Waals surface area contributed by atoms with E-state index in [4.69, 9.17) is 5.73 Å². The molecule has 0 amide bonds. The van der Waals surface area contributed by atoms with E-state index in [0.29, 0.717) is 18.9 Å². The average Bonchev–Trinajstić information content (AvgIpc) is 3.23. The number of hydrogen-bond acceptors (Lipinski definition) is 4. The van der Waals surface area contributed by atoms with Crippen LogP contribution in [0.2, 0.25) is 0 Å². The first-order chi connectivity index (χ1) is 9.08. The Balaban J connectivity index is 1.55. The van der Waals surface area contributed by atoms with E-state index >= 15 is 0 Å². The topological polar surface area (TPSA) is 69.8 Å². The number of nitrogens with two attached hydrogens (primary N) is 1. The minimum atomic E-state index is -0.990. The van der Waals surface area contributed by atoms with Crippen LogP contribution in [-0.4, -0.2) is 64.7 Å². The van der Waals surface area contributed by atoms with Crippen molar-refractivity contribution < 1.29 is 9.90 Å². The highest BCUT2D eigenvalue weighted by molar-refractivity contribution is 5.78. The summed E-state index contributed by atoms with van der Waals surface area (Å²) in [5, 5.41) is 9.29. The monoisotopic (exact) mass is 267 g/mol. The molecule has 1 aliphatic heterocycles. The predicted molar refractivity (Wildman–Crippen MR) is 73.0 cm³/mol. The van der Waals surface area contributed by atoms with Gasteiger partial charge in [0.25, 0.3) is 0 Å². The van der Waals surface area contributed by atoms with Crippen molar-refractivity contribution in [1.82, 2.24) is 9.80 Å². The number of hydrogen-bond donors (Lipinski definition) is 2. The van der Waals surface area contributed by atoms with Crippen LogP contribution < -0.4 is 5.73 Å². The lowest BCUT2D eigenvalue weighted by molar-refractivity contribution is -0.145. The number of carboxylic acids is 1. The van der Waals surface area contributed by atoms with Gasteiger partial charge in [0.1, 0.15) is 5.54 Å². The SMILES string of the molecule is NC1(C(=O)O)CCCC(N2CCN(C3CC3)CC2)C1. The molecule has 3 rings (SSSR count). The summed E-state index contributed by atoms with van der Waals surface area (Å²) >= 11 is 0. The molecule has 19 heavy (non-hydrogen) atoms. The van der Waals surface area contributed by atoms with E-state index in [1.165, 1.54) is 12.8 Å². The Labute approximate surface area is 114 Å². The van der Waals surface area contributed by atoms with Gasteiger partial charge in [-0.15, -0.1) is 0 Å². The molecule has 3 N–H and O–H groups in total. The number of carboxylic acid groups (broad SMARTS) is 1. The zero-order chi connectivity index (χ0) is 13.5. The van der Waals surface area contributed by atoms with Crippen LogP contribution in [0.25, 0.3) is 0 Å². The Kier molecular flexibility index (Phi) is 3.53. The Morgan fingerprint density at radius 3 is 2.16 bits per heavy atom. The zero-order valence-corrected chi connectivity index (χ0v) is 11.6. The van der Waals surface area contributed by atoms with Crippen LogP contribution in [0.15, 0.2) is 0 Å². The Morgan fingerprint density at radius 2 is 1.63 bits per heavy atom. The summed E-state index contributed by atoms with van der Waals surface area (Å²) in [5.74, 6) is -0.825. The van der Waals surface area contributed by atoms with E-state index in [2.05, 4.69) is 9.80 Å². The maximum atomic E-state index is 11.3. The molecule has 5 nitrogen and oxygen atoms in total. The number of aliphatic carboxylic acids is 1. The largest absolute Gasteiger partial charge is 0.480 e. The van der Waals surface area contributed by atoms with E-state index < -0.39 is 11.5 Å². The molecule has 2 saturated carbocycles. The molecule has 1 heterocycles. The Bertz CT molecular complexity index is 351. The van der Waals surface area contributed by atoms with E-state index in [9.17, 15) is 9.90 Å². The van der Waals surface area contributed by atoms with E-state index in [0.717, 1.165) is 45.1 Å². The Morgan fingerprint density at radius 1 is 1.05 bits per heavy atom. The maximum Gasteiger partial charge on any atom is 0.323 e. The first-order valence-electron chi connectivity index (χ1n) is 7.59. The lowest BCUT2D eigenvalue weighted by Crippen LogP contribution is -2.58. The van der Waals surface area contributed by atoms with Crippen molar-refractivity contribution in [2.45, 2.75) is 56.1 Å². The second kappa shape index (κ2) is 5.04. The molecular formula is C14H25N3O2. The molecule has 0 aromatic rings. The van der Waals surface area contributed by atoms with Crippen molar-refractivity contribution >= 4 is 5.97 Å². The molecule has 1 saturated heterocycles. The first kappa shape index (κ1) is 13.3. The standard InChI is InChI=1S/C14H25N3O2/c15-14(13(18)19)5-1-2-12(10-14)17-8-6-16(7-9-17)11-3-4-11/h11-12H,1-10,15H2,(H,18,19).